The molecule has 6 nitrogen and oxygen atoms in total. The van der Waals surface area contributed by atoms with Gasteiger partial charge in [0.1, 0.15) is 0 Å². The average Bonchev–Trinajstić information content (AvgIpc) is 3.27. The minimum absolute atomic E-state index is 0.137. The van der Waals surface area contributed by atoms with E-state index < -0.39 is 0 Å². The van der Waals surface area contributed by atoms with Gasteiger partial charge in [0.2, 0.25) is 5.91 Å². The lowest BCUT2D eigenvalue weighted by Crippen LogP contribution is -2.54. The summed E-state index contributed by atoms with van der Waals surface area (Å²) in [5.41, 5.74) is 8.27. The van der Waals surface area contributed by atoms with Crippen LogP contribution < -0.4 is 10.2 Å². The second kappa shape index (κ2) is 8.48. The molecule has 1 amide bonds. The van der Waals surface area contributed by atoms with Gasteiger partial charge in [0, 0.05) is 65.5 Å². The number of carbonyl (C=O) groups is 2. The molecule has 0 bridgehead atoms. The molecule has 2 aliphatic heterocycles. The summed E-state index contributed by atoms with van der Waals surface area (Å²) in [6.45, 7) is 12.9. The number of nitrogens with zero attached hydrogens (tertiary/aromatic N) is 2. The van der Waals surface area contributed by atoms with E-state index in [4.69, 9.17) is 0 Å². The van der Waals surface area contributed by atoms with Gasteiger partial charge in [-0.3, -0.25) is 14.5 Å². The number of hydrogen-bond donors (Lipinski definition) is 2. The van der Waals surface area contributed by atoms with Gasteiger partial charge in [-0.2, -0.15) is 0 Å². The van der Waals surface area contributed by atoms with Gasteiger partial charge in [-0.25, -0.2) is 0 Å². The van der Waals surface area contributed by atoms with Crippen molar-refractivity contribution in [1.82, 2.24) is 15.2 Å². The van der Waals surface area contributed by atoms with Crippen LogP contribution in [0.1, 0.15) is 71.9 Å². The van der Waals surface area contributed by atoms with Crippen molar-refractivity contribution in [3.05, 3.63) is 63.8 Å². The number of piperazine rings is 1. The summed E-state index contributed by atoms with van der Waals surface area (Å²) < 4.78 is 0. The van der Waals surface area contributed by atoms with Crippen molar-refractivity contribution in [2.75, 3.05) is 37.6 Å². The monoisotopic (exact) mass is 484 g/mol. The lowest BCUT2D eigenvalue weighted by Gasteiger charge is -2.42. The minimum Gasteiger partial charge on any atom is -0.371 e. The number of piperidine rings is 1. The van der Waals surface area contributed by atoms with Crippen LogP contribution in [-0.4, -0.2) is 60.3 Å². The molecule has 2 N–H and O–H groups in total. The quantitative estimate of drug-likeness (QED) is 0.581. The molecule has 0 saturated carbocycles. The first kappa shape index (κ1) is 23.3. The molecule has 3 heterocycles. The molecule has 0 atom stereocenters. The fourth-order valence-corrected chi connectivity index (χ4v) is 6.64. The maximum atomic E-state index is 13.9. The van der Waals surface area contributed by atoms with E-state index in [0.717, 1.165) is 78.7 Å². The first-order chi connectivity index (χ1) is 17.3. The van der Waals surface area contributed by atoms with Gasteiger partial charge >= 0.3 is 0 Å². The molecule has 188 valence electrons. The zero-order valence-electron chi connectivity index (χ0n) is 21.8. The summed E-state index contributed by atoms with van der Waals surface area (Å²) in [7, 11) is 0. The Morgan fingerprint density at radius 3 is 2.56 bits per heavy atom. The van der Waals surface area contributed by atoms with Gasteiger partial charge < -0.3 is 15.2 Å². The van der Waals surface area contributed by atoms with E-state index in [1.165, 1.54) is 16.8 Å². The zero-order chi connectivity index (χ0) is 25.2. The molecule has 2 aromatic carbocycles. The van der Waals surface area contributed by atoms with Crippen molar-refractivity contribution >= 4 is 28.3 Å². The molecule has 0 unspecified atom stereocenters. The third kappa shape index (κ3) is 3.57. The van der Waals surface area contributed by atoms with Crippen molar-refractivity contribution in [1.29, 1.82) is 0 Å². The second-order valence-corrected chi connectivity index (χ2v) is 11.3. The van der Waals surface area contributed by atoms with E-state index in [1.807, 2.05) is 0 Å². The lowest BCUT2D eigenvalue weighted by molar-refractivity contribution is -0.125. The summed E-state index contributed by atoms with van der Waals surface area (Å²) in [6, 6.07) is 11.3. The van der Waals surface area contributed by atoms with Gasteiger partial charge in [0.05, 0.1) is 12.1 Å². The number of ketones is 1. The lowest BCUT2D eigenvalue weighted by atomic mass is 9.70. The number of hydrogen-bond acceptors (Lipinski definition) is 4. The summed E-state index contributed by atoms with van der Waals surface area (Å²) >= 11 is 0. The van der Waals surface area contributed by atoms with Crippen LogP contribution in [0.3, 0.4) is 0 Å². The normalized spacial score (nSPS) is 20.4. The second-order valence-electron chi connectivity index (χ2n) is 11.3. The fourth-order valence-electron chi connectivity index (χ4n) is 6.64. The zero-order valence-corrected chi connectivity index (χ0v) is 21.8. The van der Waals surface area contributed by atoms with Crippen LogP contribution in [0.25, 0.3) is 10.9 Å². The number of amides is 1. The van der Waals surface area contributed by atoms with E-state index in [1.54, 1.807) is 0 Å². The van der Waals surface area contributed by atoms with Crippen molar-refractivity contribution in [3.63, 3.8) is 0 Å². The van der Waals surface area contributed by atoms with E-state index in [-0.39, 0.29) is 17.1 Å². The number of aryl methyl sites for hydroxylation is 2. The predicted octanol–water partition coefficient (Wildman–Crippen LogP) is 4.31. The molecule has 1 aliphatic carbocycles. The number of H-pyrrole nitrogens is 1. The molecule has 0 radical (unpaired) electrons. The van der Waals surface area contributed by atoms with Gasteiger partial charge in [-0.15, -0.1) is 0 Å². The molecule has 6 heteroatoms. The first-order valence-electron chi connectivity index (χ1n) is 13.4. The van der Waals surface area contributed by atoms with Crippen molar-refractivity contribution in [2.24, 2.45) is 0 Å². The highest BCUT2D eigenvalue weighted by molar-refractivity contribution is 6.20. The van der Waals surface area contributed by atoms with Gasteiger partial charge in [-0.05, 0) is 61.1 Å². The Kier molecular flexibility index (Phi) is 5.48. The minimum atomic E-state index is -0.300. The van der Waals surface area contributed by atoms with Gasteiger partial charge in [0.25, 0.3) is 0 Å². The Labute approximate surface area is 213 Å². The smallest absolute Gasteiger partial charge is 0.234 e. The molecule has 2 fully saturated rings. The van der Waals surface area contributed by atoms with Crippen molar-refractivity contribution in [3.8, 4) is 0 Å². The number of aromatic amines is 1. The fraction of sp³-hybridized carbons (Fsp3) is 0.467. The van der Waals surface area contributed by atoms with Crippen LogP contribution in [0, 0.1) is 6.92 Å². The standard InChI is InChI=1S/C30H36N4O2/c1-5-19-15-22-23(16-25(19)33-11-8-20(9-12-33)34-13-10-31-26(35)17-34)30(3,4)29-27(28(22)36)21-7-6-18(2)14-24(21)32-29/h6-7,14-16,20,32H,5,8-13,17H2,1-4H3,(H,31,35). The van der Waals surface area contributed by atoms with Crippen LogP contribution in [-0.2, 0) is 16.6 Å². The third-order valence-corrected chi connectivity index (χ3v) is 8.71. The van der Waals surface area contributed by atoms with Gasteiger partial charge in [0.15, 0.2) is 5.78 Å². The summed E-state index contributed by atoms with van der Waals surface area (Å²) in [4.78, 5) is 34.2. The molecular formula is C30H36N4O2. The van der Waals surface area contributed by atoms with Crippen molar-refractivity contribution < 1.29 is 9.59 Å². The Morgan fingerprint density at radius 2 is 1.83 bits per heavy atom. The van der Waals surface area contributed by atoms with E-state index in [2.05, 4.69) is 78.1 Å². The highest BCUT2D eigenvalue weighted by atomic mass is 16.2. The van der Waals surface area contributed by atoms with E-state index >= 15 is 0 Å². The number of nitrogens with one attached hydrogen (secondary N) is 2. The number of rotatable bonds is 3. The summed E-state index contributed by atoms with van der Waals surface area (Å²) in [5.74, 6) is 0.280. The highest BCUT2D eigenvalue weighted by Crippen LogP contribution is 2.46. The Bertz CT molecular complexity index is 1380. The largest absolute Gasteiger partial charge is 0.371 e. The topological polar surface area (TPSA) is 68.4 Å². The Morgan fingerprint density at radius 1 is 1.06 bits per heavy atom. The molecule has 1 aromatic heterocycles. The predicted molar refractivity (Wildman–Crippen MR) is 144 cm³/mol. The molecule has 3 aliphatic rings. The first-order valence-corrected chi connectivity index (χ1v) is 13.4. The summed E-state index contributed by atoms with van der Waals surface area (Å²) in [6.07, 6.45) is 3.01. The maximum absolute atomic E-state index is 13.9. The Hall–Kier alpha value is -3.12. The number of carbonyl (C=O) groups excluding carboxylic acids is 2. The van der Waals surface area contributed by atoms with Crippen LogP contribution in [0.4, 0.5) is 5.69 Å². The Balaban J connectivity index is 1.35. The molecule has 3 aromatic rings. The summed E-state index contributed by atoms with van der Waals surface area (Å²) in [5, 5.41) is 3.96. The molecule has 2 saturated heterocycles. The van der Waals surface area contributed by atoms with Gasteiger partial charge in [-0.1, -0.05) is 32.9 Å². The SMILES string of the molecule is CCc1cc2c(cc1N1CCC(N3CCNC(=O)C3)CC1)C(C)(C)c1[nH]c3cc(C)ccc3c1C2=O. The number of anilines is 1. The number of fused-ring (bicyclic) bond motifs is 4. The molecule has 36 heavy (non-hydrogen) atoms. The molecular weight excluding hydrogens is 448 g/mol. The van der Waals surface area contributed by atoms with Crippen LogP contribution in [0.5, 0.6) is 0 Å². The van der Waals surface area contributed by atoms with Crippen molar-refractivity contribution in [2.45, 2.75) is 58.4 Å². The van der Waals surface area contributed by atoms with E-state index in [9.17, 15) is 9.59 Å². The van der Waals surface area contributed by atoms with Crippen LogP contribution >= 0.6 is 0 Å². The highest BCUT2D eigenvalue weighted by Gasteiger charge is 2.40. The average molecular weight is 485 g/mol. The number of benzene rings is 2. The molecule has 6 rings (SSSR count). The van der Waals surface area contributed by atoms with Crippen LogP contribution in [0.2, 0.25) is 0 Å². The van der Waals surface area contributed by atoms with E-state index in [0.29, 0.717) is 12.6 Å². The van der Waals surface area contributed by atoms with Crippen LogP contribution in [0.15, 0.2) is 30.3 Å². The number of aromatic nitrogens is 1. The third-order valence-electron chi connectivity index (χ3n) is 8.71. The molecule has 0 spiro atoms. The maximum Gasteiger partial charge on any atom is 0.234 e.